The van der Waals surface area contributed by atoms with Crippen molar-refractivity contribution in [2.24, 2.45) is 0 Å². The fraction of sp³-hybridized carbons (Fsp3) is 0.105. The number of ether oxygens (including phenoxy) is 1. The summed E-state index contributed by atoms with van der Waals surface area (Å²) >= 11 is 0. The molecular formula is C19H18N4O3. The number of para-hydroxylation sites is 1. The lowest BCUT2D eigenvalue weighted by Gasteiger charge is -2.08. The van der Waals surface area contributed by atoms with Crippen LogP contribution in [0.4, 0.5) is 0 Å². The molecule has 0 aliphatic heterocycles. The summed E-state index contributed by atoms with van der Waals surface area (Å²) in [6, 6.07) is 16.8. The second-order valence-corrected chi connectivity index (χ2v) is 5.62. The van der Waals surface area contributed by atoms with Gasteiger partial charge in [-0.3, -0.25) is 20.4 Å². The van der Waals surface area contributed by atoms with E-state index in [1.807, 2.05) is 55.5 Å². The SMILES string of the molecule is Cc1cccc(OCC(=O)NNC(=O)c2cnn(-c3ccccc3)c2)c1. The van der Waals surface area contributed by atoms with Crippen molar-refractivity contribution in [2.45, 2.75) is 6.92 Å². The first-order valence-corrected chi connectivity index (χ1v) is 8.00. The maximum absolute atomic E-state index is 12.1. The molecule has 2 N–H and O–H groups in total. The number of aryl methyl sites for hydroxylation is 1. The Morgan fingerprint density at radius 2 is 1.88 bits per heavy atom. The van der Waals surface area contributed by atoms with E-state index in [1.165, 1.54) is 6.20 Å². The lowest BCUT2D eigenvalue weighted by atomic mass is 10.2. The molecule has 0 unspecified atom stereocenters. The van der Waals surface area contributed by atoms with Crippen LogP contribution in [0.15, 0.2) is 67.0 Å². The van der Waals surface area contributed by atoms with Crippen molar-refractivity contribution in [1.82, 2.24) is 20.6 Å². The largest absolute Gasteiger partial charge is 0.484 e. The number of nitrogens with one attached hydrogen (secondary N) is 2. The summed E-state index contributed by atoms with van der Waals surface area (Å²) < 4.78 is 6.95. The van der Waals surface area contributed by atoms with Gasteiger partial charge in [-0.05, 0) is 36.8 Å². The Balaban J connectivity index is 1.49. The normalized spacial score (nSPS) is 10.2. The number of hydrogen-bond donors (Lipinski definition) is 2. The molecule has 0 aliphatic carbocycles. The molecule has 3 rings (SSSR count). The molecule has 132 valence electrons. The van der Waals surface area contributed by atoms with E-state index >= 15 is 0 Å². The first-order valence-electron chi connectivity index (χ1n) is 8.00. The predicted molar refractivity (Wildman–Crippen MR) is 95.8 cm³/mol. The molecule has 2 aromatic carbocycles. The zero-order chi connectivity index (χ0) is 18.4. The van der Waals surface area contributed by atoms with E-state index in [4.69, 9.17) is 4.74 Å². The predicted octanol–water partition coefficient (Wildman–Crippen LogP) is 2.02. The second-order valence-electron chi connectivity index (χ2n) is 5.62. The average Bonchev–Trinajstić information content (AvgIpc) is 3.15. The summed E-state index contributed by atoms with van der Waals surface area (Å²) in [5.41, 5.74) is 6.85. The number of amides is 2. The van der Waals surface area contributed by atoms with Crippen molar-refractivity contribution >= 4 is 11.8 Å². The molecule has 0 saturated heterocycles. The van der Waals surface area contributed by atoms with Gasteiger partial charge in [-0.15, -0.1) is 0 Å². The van der Waals surface area contributed by atoms with Crippen LogP contribution in [0, 0.1) is 6.92 Å². The van der Waals surface area contributed by atoms with Crippen LogP contribution >= 0.6 is 0 Å². The van der Waals surface area contributed by atoms with Crippen molar-refractivity contribution in [3.8, 4) is 11.4 Å². The van der Waals surface area contributed by atoms with Gasteiger partial charge in [0.1, 0.15) is 5.75 Å². The van der Waals surface area contributed by atoms with Gasteiger partial charge >= 0.3 is 0 Å². The smallest absolute Gasteiger partial charge is 0.276 e. The molecule has 1 heterocycles. The number of benzene rings is 2. The van der Waals surface area contributed by atoms with E-state index in [2.05, 4.69) is 16.0 Å². The molecule has 0 bridgehead atoms. The first kappa shape index (κ1) is 17.2. The molecule has 26 heavy (non-hydrogen) atoms. The van der Waals surface area contributed by atoms with Gasteiger partial charge in [0, 0.05) is 6.20 Å². The number of rotatable bonds is 5. The molecule has 0 spiro atoms. The Labute approximate surface area is 150 Å². The second kappa shape index (κ2) is 7.98. The molecule has 2 amide bonds. The molecule has 1 aromatic heterocycles. The van der Waals surface area contributed by atoms with E-state index in [0.29, 0.717) is 11.3 Å². The molecule has 0 fully saturated rings. The highest BCUT2D eigenvalue weighted by atomic mass is 16.5. The number of aromatic nitrogens is 2. The standard InChI is InChI=1S/C19H18N4O3/c1-14-6-5-9-17(10-14)26-13-18(24)21-22-19(25)15-11-20-23(12-15)16-7-3-2-4-8-16/h2-12H,13H2,1H3,(H,21,24)(H,22,25). The van der Waals surface area contributed by atoms with Crippen LogP contribution in [0.2, 0.25) is 0 Å². The minimum absolute atomic E-state index is 0.201. The van der Waals surface area contributed by atoms with Crippen molar-refractivity contribution in [3.63, 3.8) is 0 Å². The number of nitrogens with zero attached hydrogens (tertiary/aromatic N) is 2. The molecule has 0 saturated carbocycles. The van der Waals surface area contributed by atoms with Gasteiger partial charge in [0.2, 0.25) is 0 Å². The molecule has 7 nitrogen and oxygen atoms in total. The van der Waals surface area contributed by atoms with Gasteiger partial charge < -0.3 is 4.74 Å². The van der Waals surface area contributed by atoms with Crippen LogP contribution in [0.5, 0.6) is 5.75 Å². The summed E-state index contributed by atoms with van der Waals surface area (Å²) in [5.74, 6) is -0.331. The Hall–Kier alpha value is -3.61. The molecule has 3 aromatic rings. The van der Waals surface area contributed by atoms with E-state index in [1.54, 1.807) is 16.9 Å². The van der Waals surface area contributed by atoms with Crippen molar-refractivity contribution in [2.75, 3.05) is 6.61 Å². The van der Waals surface area contributed by atoms with Gasteiger partial charge in [-0.2, -0.15) is 5.10 Å². The quantitative estimate of drug-likeness (QED) is 0.690. The van der Waals surface area contributed by atoms with E-state index in [0.717, 1.165) is 11.3 Å². The summed E-state index contributed by atoms with van der Waals surface area (Å²) in [6.07, 6.45) is 3.01. The molecular weight excluding hydrogens is 332 g/mol. The van der Waals surface area contributed by atoms with Crippen LogP contribution in [0.25, 0.3) is 5.69 Å². The lowest BCUT2D eigenvalue weighted by Crippen LogP contribution is -2.43. The number of hydrazine groups is 1. The van der Waals surface area contributed by atoms with Gasteiger partial charge in [-0.25, -0.2) is 4.68 Å². The van der Waals surface area contributed by atoms with Gasteiger partial charge in [-0.1, -0.05) is 30.3 Å². The zero-order valence-electron chi connectivity index (χ0n) is 14.2. The number of hydrogen-bond acceptors (Lipinski definition) is 4. The van der Waals surface area contributed by atoms with Crippen LogP contribution in [-0.2, 0) is 4.79 Å². The highest BCUT2D eigenvalue weighted by Crippen LogP contribution is 2.12. The number of carbonyl (C=O) groups excluding carboxylic acids is 2. The highest BCUT2D eigenvalue weighted by molar-refractivity contribution is 5.95. The highest BCUT2D eigenvalue weighted by Gasteiger charge is 2.11. The summed E-state index contributed by atoms with van der Waals surface area (Å²) in [6.45, 7) is 1.73. The van der Waals surface area contributed by atoms with Crippen molar-refractivity contribution in [3.05, 3.63) is 78.1 Å². The van der Waals surface area contributed by atoms with Crippen LogP contribution in [-0.4, -0.2) is 28.2 Å². The maximum Gasteiger partial charge on any atom is 0.276 e. The summed E-state index contributed by atoms with van der Waals surface area (Å²) in [7, 11) is 0. The third-order valence-electron chi connectivity index (χ3n) is 3.54. The Morgan fingerprint density at radius 1 is 1.08 bits per heavy atom. The topological polar surface area (TPSA) is 85.2 Å². The van der Waals surface area contributed by atoms with E-state index in [-0.39, 0.29) is 6.61 Å². The van der Waals surface area contributed by atoms with Gasteiger partial charge in [0.25, 0.3) is 11.8 Å². The van der Waals surface area contributed by atoms with E-state index < -0.39 is 11.8 Å². The Bertz CT molecular complexity index is 906. The minimum Gasteiger partial charge on any atom is -0.484 e. The molecule has 0 atom stereocenters. The van der Waals surface area contributed by atoms with E-state index in [9.17, 15) is 9.59 Å². The number of carbonyl (C=O) groups is 2. The monoisotopic (exact) mass is 350 g/mol. The summed E-state index contributed by atoms with van der Waals surface area (Å²) in [5, 5.41) is 4.14. The third kappa shape index (κ3) is 4.47. The third-order valence-corrected chi connectivity index (χ3v) is 3.54. The molecule has 7 heteroatoms. The lowest BCUT2D eigenvalue weighted by molar-refractivity contribution is -0.123. The minimum atomic E-state index is -0.463. The maximum atomic E-state index is 12.1. The summed E-state index contributed by atoms with van der Waals surface area (Å²) in [4.78, 5) is 23.9. The van der Waals surface area contributed by atoms with Crippen LogP contribution < -0.4 is 15.6 Å². The Kier molecular flexibility index (Phi) is 5.28. The molecule has 0 radical (unpaired) electrons. The van der Waals surface area contributed by atoms with Crippen LogP contribution in [0.3, 0.4) is 0 Å². The first-order chi connectivity index (χ1) is 12.6. The zero-order valence-corrected chi connectivity index (χ0v) is 14.2. The van der Waals surface area contributed by atoms with Crippen molar-refractivity contribution < 1.29 is 14.3 Å². The molecule has 0 aliphatic rings. The fourth-order valence-electron chi connectivity index (χ4n) is 2.25. The van der Waals surface area contributed by atoms with Gasteiger partial charge in [0.05, 0.1) is 17.4 Å². The van der Waals surface area contributed by atoms with Crippen molar-refractivity contribution in [1.29, 1.82) is 0 Å². The van der Waals surface area contributed by atoms with Crippen LogP contribution in [0.1, 0.15) is 15.9 Å². The fourth-order valence-corrected chi connectivity index (χ4v) is 2.25. The average molecular weight is 350 g/mol. The Morgan fingerprint density at radius 3 is 2.65 bits per heavy atom. The van der Waals surface area contributed by atoms with Gasteiger partial charge in [0.15, 0.2) is 6.61 Å².